The average Bonchev–Trinajstić information content (AvgIpc) is 2.58. The molecule has 0 atom stereocenters. The van der Waals surface area contributed by atoms with Crippen LogP contribution < -0.4 is 10.2 Å². The van der Waals surface area contributed by atoms with Gasteiger partial charge >= 0.3 is 0 Å². The summed E-state index contributed by atoms with van der Waals surface area (Å²) in [5, 5.41) is 3.00. The predicted molar refractivity (Wildman–Crippen MR) is 103 cm³/mol. The highest BCUT2D eigenvalue weighted by Crippen LogP contribution is 2.25. The van der Waals surface area contributed by atoms with Crippen molar-refractivity contribution < 1.29 is 4.79 Å². The second-order valence-corrected chi connectivity index (χ2v) is 7.17. The van der Waals surface area contributed by atoms with Crippen molar-refractivity contribution in [2.75, 3.05) is 43.4 Å². The summed E-state index contributed by atoms with van der Waals surface area (Å²) in [6.45, 7) is 6.28. The number of rotatable bonds is 3. The van der Waals surface area contributed by atoms with E-state index in [1.54, 1.807) is 0 Å². The van der Waals surface area contributed by atoms with Gasteiger partial charge in [-0.2, -0.15) is 0 Å². The van der Waals surface area contributed by atoms with Gasteiger partial charge in [-0.1, -0.05) is 22.0 Å². The molecule has 0 aromatic heterocycles. The van der Waals surface area contributed by atoms with Crippen molar-refractivity contribution in [2.24, 2.45) is 0 Å². The SMILES string of the molecule is Cc1ccc(NC(=O)c2ccc(Br)cc2)cc1N1CCN(C)CC1. The molecule has 1 aliphatic rings. The Morgan fingerprint density at radius 2 is 1.71 bits per heavy atom. The Morgan fingerprint density at radius 1 is 1.04 bits per heavy atom. The van der Waals surface area contributed by atoms with Gasteiger partial charge in [-0.25, -0.2) is 0 Å². The molecule has 1 N–H and O–H groups in total. The fourth-order valence-corrected chi connectivity index (χ4v) is 3.14. The van der Waals surface area contributed by atoms with E-state index in [1.807, 2.05) is 30.3 Å². The normalized spacial score (nSPS) is 15.4. The minimum Gasteiger partial charge on any atom is -0.369 e. The lowest BCUT2D eigenvalue weighted by Crippen LogP contribution is -2.44. The van der Waals surface area contributed by atoms with E-state index in [1.165, 1.54) is 11.3 Å². The first-order valence-corrected chi connectivity index (χ1v) is 8.93. The van der Waals surface area contributed by atoms with Gasteiger partial charge in [-0.3, -0.25) is 4.79 Å². The van der Waals surface area contributed by atoms with Crippen LogP contribution in [0.3, 0.4) is 0 Å². The number of carbonyl (C=O) groups is 1. The summed E-state index contributed by atoms with van der Waals surface area (Å²) in [7, 11) is 2.15. The molecule has 0 unspecified atom stereocenters. The highest BCUT2D eigenvalue weighted by Gasteiger charge is 2.16. The number of carbonyl (C=O) groups excluding carboxylic acids is 1. The minimum absolute atomic E-state index is 0.0873. The minimum atomic E-state index is -0.0873. The van der Waals surface area contributed by atoms with E-state index in [0.29, 0.717) is 5.56 Å². The molecule has 1 saturated heterocycles. The van der Waals surface area contributed by atoms with Crippen molar-refractivity contribution in [2.45, 2.75) is 6.92 Å². The monoisotopic (exact) mass is 387 g/mol. The van der Waals surface area contributed by atoms with Crippen molar-refractivity contribution in [3.8, 4) is 0 Å². The van der Waals surface area contributed by atoms with Gasteiger partial charge in [-0.05, 0) is 55.9 Å². The molecule has 3 rings (SSSR count). The van der Waals surface area contributed by atoms with Crippen LogP contribution in [0.2, 0.25) is 0 Å². The van der Waals surface area contributed by atoms with E-state index >= 15 is 0 Å². The second-order valence-electron chi connectivity index (χ2n) is 6.25. The molecular formula is C19H22BrN3O. The Balaban J connectivity index is 1.75. The summed E-state index contributed by atoms with van der Waals surface area (Å²) in [5.41, 5.74) is 3.93. The maximum Gasteiger partial charge on any atom is 0.255 e. The van der Waals surface area contributed by atoms with Crippen molar-refractivity contribution >= 4 is 33.2 Å². The molecule has 2 aromatic carbocycles. The van der Waals surface area contributed by atoms with Crippen molar-refractivity contribution in [3.05, 3.63) is 58.1 Å². The summed E-state index contributed by atoms with van der Waals surface area (Å²) in [6, 6.07) is 13.5. The number of nitrogens with zero attached hydrogens (tertiary/aromatic N) is 2. The summed E-state index contributed by atoms with van der Waals surface area (Å²) in [6.07, 6.45) is 0. The van der Waals surface area contributed by atoms with E-state index < -0.39 is 0 Å². The molecule has 0 bridgehead atoms. The van der Waals surface area contributed by atoms with Gasteiger partial charge in [0.1, 0.15) is 0 Å². The maximum atomic E-state index is 12.4. The molecule has 126 valence electrons. The standard InChI is InChI=1S/C19H22BrN3O/c1-14-3-8-17(13-18(14)23-11-9-22(2)10-12-23)21-19(24)15-4-6-16(20)7-5-15/h3-8,13H,9-12H2,1-2H3,(H,21,24). The third kappa shape index (κ3) is 3.97. The van der Waals surface area contributed by atoms with Crippen LogP contribution >= 0.6 is 15.9 Å². The first-order valence-electron chi connectivity index (χ1n) is 8.14. The van der Waals surface area contributed by atoms with Crippen LogP contribution in [-0.4, -0.2) is 44.0 Å². The number of piperazine rings is 1. The highest BCUT2D eigenvalue weighted by atomic mass is 79.9. The maximum absolute atomic E-state index is 12.4. The summed E-state index contributed by atoms with van der Waals surface area (Å²) in [4.78, 5) is 17.1. The summed E-state index contributed by atoms with van der Waals surface area (Å²) >= 11 is 3.39. The predicted octanol–water partition coefficient (Wildman–Crippen LogP) is 3.76. The van der Waals surface area contributed by atoms with Crippen molar-refractivity contribution in [1.29, 1.82) is 0 Å². The molecule has 1 heterocycles. The molecule has 24 heavy (non-hydrogen) atoms. The van der Waals surface area contributed by atoms with E-state index in [-0.39, 0.29) is 5.91 Å². The number of amides is 1. The van der Waals surface area contributed by atoms with E-state index in [2.05, 4.69) is 57.2 Å². The molecule has 0 radical (unpaired) electrons. The van der Waals surface area contributed by atoms with Gasteiger partial charge < -0.3 is 15.1 Å². The molecule has 0 spiro atoms. The van der Waals surface area contributed by atoms with Crippen LogP contribution in [0, 0.1) is 6.92 Å². The molecule has 1 fully saturated rings. The molecule has 2 aromatic rings. The van der Waals surface area contributed by atoms with Crippen LogP contribution in [0.4, 0.5) is 11.4 Å². The Kier molecular flexibility index (Phi) is 5.21. The zero-order valence-corrected chi connectivity index (χ0v) is 15.6. The lowest BCUT2D eigenvalue weighted by atomic mass is 10.1. The number of likely N-dealkylation sites (N-methyl/N-ethyl adjacent to an activating group) is 1. The van der Waals surface area contributed by atoms with Crippen LogP contribution in [0.5, 0.6) is 0 Å². The number of anilines is 2. The topological polar surface area (TPSA) is 35.6 Å². The number of nitrogens with one attached hydrogen (secondary N) is 1. The summed E-state index contributed by atoms with van der Waals surface area (Å²) < 4.78 is 0.965. The van der Waals surface area contributed by atoms with Crippen molar-refractivity contribution in [1.82, 2.24) is 4.90 Å². The molecule has 1 amide bonds. The van der Waals surface area contributed by atoms with Gasteiger partial charge in [0.25, 0.3) is 5.91 Å². The number of hydrogen-bond donors (Lipinski definition) is 1. The number of benzene rings is 2. The zero-order valence-electron chi connectivity index (χ0n) is 14.1. The quantitative estimate of drug-likeness (QED) is 0.870. The van der Waals surface area contributed by atoms with Crippen LogP contribution in [0.15, 0.2) is 46.9 Å². The average molecular weight is 388 g/mol. The van der Waals surface area contributed by atoms with E-state index in [0.717, 1.165) is 36.3 Å². The molecule has 1 aliphatic heterocycles. The third-order valence-corrected chi connectivity index (χ3v) is 4.95. The molecule has 0 aliphatic carbocycles. The van der Waals surface area contributed by atoms with Gasteiger partial charge in [0.05, 0.1) is 0 Å². The molecular weight excluding hydrogens is 366 g/mol. The van der Waals surface area contributed by atoms with E-state index in [4.69, 9.17) is 0 Å². The first-order chi connectivity index (χ1) is 11.5. The number of aryl methyl sites for hydroxylation is 1. The Bertz CT molecular complexity index is 722. The largest absolute Gasteiger partial charge is 0.369 e. The number of hydrogen-bond acceptors (Lipinski definition) is 3. The lowest BCUT2D eigenvalue weighted by Gasteiger charge is -2.35. The number of halogens is 1. The highest BCUT2D eigenvalue weighted by molar-refractivity contribution is 9.10. The Labute approximate surface area is 151 Å². The zero-order chi connectivity index (χ0) is 17.1. The molecule has 4 nitrogen and oxygen atoms in total. The fourth-order valence-electron chi connectivity index (χ4n) is 2.88. The smallest absolute Gasteiger partial charge is 0.255 e. The fraction of sp³-hybridized carbons (Fsp3) is 0.316. The second kappa shape index (κ2) is 7.36. The lowest BCUT2D eigenvalue weighted by molar-refractivity contribution is 0.102. The summed E-state index contributed by atoms with van der Waals surface area (Å²) in [5.74, 6) is -0.0873. The van der Waals surface area contributed by atoms with Crippen molar-refractivity contribution in [3.63, 3.8) is 0 Å². The Hall–Kier alpha value is -1.85. The van der Waals surface area contributed by atoms with Crippen LogP contribution in [-0.2, 0) is 0 Å². The van der Waals surface area contributed by atoms with Gasteiger partial charge in [0.15, 0.2) is 0 Å². The molecule has 5 heteroatoms. The first kappa shape index (κ1) is 17.0. The van der Waals surface area contributed by atoms with Crippen LogP contribution in [0.1, 0.15) is 15.9 Å². The van der Waals surface area contributed by atoms with Gasteiger partial charge in [0, 0.05) is 47.6 Å². The van der Waals surface area contributed by atoms with E-state index in [9.17, 15) is 4.79 Å². The third-order valence-electron chi connectivity index (χ3n) is 4.42. The Morgan fingerprint density at radius 3 is 2.38 bits per heavy atom. The van der Waals surface area contributed by atoms with Gasteiger partial charge in [0.2, 0.25) is 0 Å². The molecule has 0 saturated carbocycles. The van der Waals surface area contributed by atoms with Gasteiger partial charge in [-0.15, -0.1) is 0 Å². The van der Waals surface area contributed by atoms with Crippen LogP contribution in [0.25, 0.3) is 0 Å².